The largest absolute Gasteiger partial charge is 0.348 e. The topological polar surface area (TPSA) is 6.48 Å². The third-order valence-electron chi connectivity index (χ3n) is 6.34. The quantitative estimate of drug-likeness (QED) is 0.482. The SMILES string of the molecule is CC(C)C1=CC(N2C=CN(c3c(C(C)C)cccc3C(C)C)C2)C(C(C)C)=CC=C1. The van der Waals surface area contributed by atoms with Crippen molar-refractivity contribution in [3.8, 4) is 0 Å². The summed E-state index contributed by atoms with van der Waals surface area (Å²) in [6.45, 7) is 19.3. The van der Waals surface area contributed by atoms with Gasteiger partial charge in [0.2, 0.25) is 0 Å². The lowest BCUT2D eigenvalue weighted by Crippen LogP contribution is -2.36. The van der Waals surface area contributed by atoms with Crippen molar-refractivity contribution in [2.45, 2.75) is 73.3 Å². The molecule has 0 saturated carbocycles. The molecule has 1 heterocycles. The first-order valence-electron chi connectivity index (χ1n) is 11.6. The summed E-state index contributed by atoms with van der Waals surface area (Å²) >= 11 is 0. The number of allylic oxidation sites excluding steroid dienone is 4. The van der Waals surface area contributed by atoms with Gasteiger partial charge in [0.05, 0.1) is 12.7 Å². The van der Waals surface area contributed by atoms with Gasteiger partial charge in [0.25, 0.3) is 0 Å². The Kier molecular flexibility index (Phi) is 6.95. The normalized spacial score (nSPS) is 19.4. The molecule has 3 rings (SSSR count). The van der Waals surface area contributed by atoms with Crippen LogP contribution in [-0.2, 0) is 0 Å². The number of hydrogen-bond acceptors (Lipinski definition) is 2. The third-order valence-corrected chi connectivity index (χ3v) is 6.34. The van der Waals surface area contributed by atoms with Crippen LogP contribution >= 0.6 is 0 Å². The van der Waals surface area contributed by atoms with Gasteiger partial charge in [-0.15, -0.1) is 0 Å². The molecule has 0 bridgehead atoms. The van der Waals surface area contributed by atoms with Crippen LogP contribution in [0.25, 0.3) is 0 Å². The number of benzene rings is 1. The van der Waals surface area contributed by atoms with Crippen LogP contribution in [0.2, 0.25) is 0 Å². The molecular formula is C28H40N2. The smallest absolute Gasteiger partial charge is 0.0950 e. The Hall–Kier alpha value is -2.22. The Balaban J connectivity index is 1.97. The molecule has 30 heavy (non-hydrogen) atoms. The Labute approximate surface area is 184 Å². The zero-order valence-corrected chi connectivity index (χ0v) is 20.2. The molecule has 1 aliphatic heterocycles. The highest BCUT2D eigenvalue weighted by molar-refractivity contribution is 5.64. The van der Waals surface area contributed by atoms with Crippen molar-refractivity contribution in [3.63, 3.8) is 0 Å². The van der Waals surface area contributed by atoms with E-state index in [0.29, 0.717) is 29.7 Å². The molecular weight excluding hydrogens is 364 g/mol. The maximum atomic E-state index is 2.50. The van der Waals surface area contributed by atoms with Gasteiger partial charge in [0.15, 0.2) is 0 Å². The number of anilines is 1. The van der Waals surface area contributed by atoms with Crippen LogP contribution in [0.15, 0.2) is 66.0 Å². The predicted molar refractivity (Wildman–Crippen MR) is 132 cm³/mol. The van der Waals surface area contributed by atoms with E-state index in [1.807, 2.05) is 0 Å². The fourth-order valence-corrected chi connectivity index (χ4v) is 4.51. The molecule has 162 valence electrons. The molecule has 0 aromatic heterocycles. The summed E-state index contributed by atoms with van der Waals surface area (Å²) in [4.78, 5) is 4.96. The van der Waals surface area contributed by atoms with Gasteiger partial charge in [-0.05, 0) is 45.9 Å². The van der Waals surface area contributed by atoms with Gasteiger partial charge >= 0.3 is 0 Å². The standard InChI is InChI=1S/C28H40N2/c1-19(2)23-11-9-12-24(20(3)4)27(17-23)29-15-16-30(18-29)28-25(21(5)6)13-10-14-26(28)22(7)8/h9-17,19-22,27H,18H2,1-8H3. The fraction of sp³-hybridized carbons (Fsp3) is 0.500. The van der Waals surface area contributed by atoms with Crippen molar-refractivity contribution in [1.82, 2.24) is 4.90 Å². The van der Waals surface area contributed by atoms with Crippen molar-refractivity contribution in [2.24, 2.45) is 11.8 Å². The molecule has 0 N–H and O–H groups in total. The van der Waals surface area contributed by atoms with Crippen LogP contribution in [0, 0.1) is 11.8 Å². The van der Waals surface area contributed by atoms with Crippen LogP contribution in [0.1, 0.15) is 78.4 Å². The van der Waals surface area contributed by atoms with Crippen molar-refractivity contribution in [2.75, 3.05) is 11.6 Å². The second kappa shape index (κ2) is 9.29. The molecule has 0 amide bonds. The van der Waals surface area contributed by atoms with E-state index in [2.05, 4.69) is 120 Å². The zero-order chi connectivity index (χ0) is 22.0. The third kappa shape index (κ3) is 4.58. The summed E-state index contributed by atoms with van der Waals surface area (Å²) in [6.07, 6.45) is 13.9. The molecule has 2 aliphatic rings. The molecule has 1 atom stereocenters. The Morgan fingerprint density at radius 2 is 1.43 bits per heavy atom. The Morgan fingerprint density at radius 1 is 0.800 bits per heavy atom. The molecule has 1 aromatic carbocycles. The summed E-state index contributed by atoms with van der Waals surface area (Å²) < 4.78 is 0. The lowest BCUT2D eigenvalue weighted by atomic mass is 9.92. The van der Waals surface area contributed by atoms with E-state index in [1.54, 1.807) is 0 Å². The first-order chi connectivity index (χ1) is 14.2. The van der Waals surface area contributed by atoms with Gasteiger partial charge in [0.1, 0.15) is 0 Å². The number of para-hydroxylation sites is 1. The van der Waals surface area contributed by atoms with Gasteiger partial charge in [-0.1, -0.05) is 97.9 Å². The monoisotopic (exact) mass is 404 g/mol. The van der Waals surface area contributed by atoms with Gasteiger partial charge in [-0.2, -0.15) is 0 Å². The van der Waals surface area contributed by atoms with Gasteiger partial charge in [-0.25, -0.2) is 0 Å². The Bertz CT molecular complexity index is 838. The van der Waals surface area contributed by atoms with E-state index < -0.39 is 0 Å². The average molecular weight is 405 g/mol. The molecule has 0 spiro atoms. The molecule has 0 saturated heterocycles. The van der Waals surface area contributed by atoms with Crippen molar-refractivity contribution < 1.29 is 0 Å². The zero-order valence-electron chi connectivity index (χ0n) is 20.2. The van der Waals surface area contributed by atoms with Crippen LogP contribution < -0.4 is 4.90 Å². The maximum absolute atomic E-state index is 2.50. The summed E-state index contributed by atoms with van der Waals surface area (Å²) in [7, 11) is 0. The molecule has 2 nitrogen and oxygen atoms in total. The maximum Gasteiger partial charge on any atom is 0.0950 e. The minimum atomic E-state index is 0.298. The summed E-state index contributed by atoms with van der Waals surface area (Å²) in [5, 5.41) is 0. The Morgan fingerprint density at radius 3 is 1.97 bits per heavy atom. The van der Waals surface area contributed by atoms with Gasteiger partial charge < -0.3 is 9.80 Å². The second-order valence-corrected chi connectivity index (χ2v) is 9.96. The number of rotatable bonds is 6. The molecule has 1 aromatic rings. The lowest BCUT2D eigenvalue weighted by molar-refractivity contribution is 0.360. The van der Waals surface area contributed by atoms with Crippen LogP contribution in [0.3, 0.4) is 0 Å². The number of nitrogens with zero attached hydrogens (tertiary/aromatic N) is 2. The average Bonchev–Trinajstić information content (AvgIpc) is 3.05. The molecule has 2 heteroatoms. The van der Waals surface area contributed by atoms with E-state index >= 15 is 0 Å². The highest BCUT2D eigenvalue weighted by Crippen LogP contribution is 2.38. The minimum Gasteiger partial charge on any atom is -0.348 e. The molecule has 1 unspecified atom stereocenters. The van der Waals surface area contributed by atoms with E-state index in [9.17, 15) is 0 Å². The highest BCUT2D eigenvalue weighted by Gasteiger charge is 2.28. The first kappa shape index (κ1) is 22.5. The van der Waals surface area contributed by atoms with Crippen molar-refractivity contribution >= 4 is 5.69 Å². The minimum absolute atomic E-state index is 0.298. The second-order valence-electron chi connectivity index (χ2n) is 9.96. The van der Waals surface area contributed by atoms with Crippen LogP contribution in [0.4, 0.5) is 5.69 Å². The molecule has 0 radical (unpaired) electrons. The van der Waals surface area contributed by atoms with Gasteiger partial charge in [-0.3, -0.25) is 0 Å². The van der Waals surface area contributed by atoms with E-state index in [-0.39, 0.29) is 0 Å². The number of hydrogen-bond donors (Lipinski definition) is 0. The van der Waals surface area contributed by atoms with Gasteiger partial charge in [0, 0.05) is 18.1 Å². The van der Waals surface area contributed by atoms with Crippen LogP contribution in [0.5, 0.6) is 0 Å². The van der Waals surface area contributed by atoms with Crippen LogP contribution in [-0.4, -0.2) is 17.6 Å². The van der Waals surface area contributed by atoms with E-state index in [4.69, 9.17) is 0 Å². The molecule has 0 fully saturated rings. The summed E-state index contributed by atoms with van der Waals surface area (Å²) in [6, 6.07) is 7.12. The highest BCUT2D eigenvalue weighted by atomic mass is 15.4. The van der Waals surface area contributed by atoms with Crippen molar-refractivity contribution in [1.29, 1.82) is 0 Å². The predicted octanol–water partition coefficient (Wildman–Crippen LogP) is 7.59. The summed E-state index contributed by atoms with van der Waals surface area (Å²) in [5.74, 6) is 2.04. The van der Waals surface area contributed by atoms with Crippen molar-refractivity contribution in [3.05, 3.63) is 77.2 Å². The fourth-order valence-electron chi connectivity index (χ4n) is 4.51. The first-order valence-corrected chi connectivity index (χ1v) is 11.6. The van der Waals surface area contributed by atoms with E-state index in [1.165, 1.54) is 28.0 Å². The summed E-state index contributed by atoms with van der Waals surface area (Å²) in [5.41, 5.74) is 7.18. The van der Waals surface area contributed by atoms with E-state index in [0.717, 1.165) is 6.67 Å². The lowest BCUT2D eigenvalue weighted by Gasteiger charge is -2.33. The molecule has 1 aliphatic carbocycles.